The highest BCUT2D eigenvalue weighted by atomic mass is 32.1. The van der Waals surface area contributed by atoms with Gasteiger partial charge < -0.3 is 29.7 Å². The second kappa shape index (κ2) is 12.8. The molecule has 4 aromatic rings. The average Bonchev–Trinajstić information content (AvgIpc) is 3.74. The number of amides is 4. The van der Waals surface area contributed by atoms with Crippen molar-refractivity contribution in [2.45, 2.75) is 31.7 Å². The maximum atomic E-state index is 14.8. The molecule has 46 heavy (non-hydrogen) atoms. The lowest BCUT2D eigenvalue weighted by atomic mass is 10.1. The highest BCUT2D eigenvalue weighted by Gasteiger charge is 2.32. The van der Waals surface area contributed by atoms with E-state index in [-0.39, 0.29) is 54.0 Å². The summed E-state index contributed by atoms with van der Waals surface area (Å²) in [5.41, 5.74) is 1.97. The van der Waals surface area contributed by atoms with E-state index in [1.807, 2.05) is 18.2 Å². The van der Waals surface area contributed by atoms with Crippen molar-refractivity contribution in [3.05, 3.63) is 70.6 Å². The fourth-order valence-electron chi connectivity index (χ4n) is 5.59. The lowest BCUT2D eigenvalue weighted by molar-refractivity contribution is -0.116. The summed E-state index contributed by atoms with van der Waals surface area (Å²) in [6.45, 7) is 0.710. The molecule has 0 saturated carbocycles. The number of hydrogen-bond acceptors (Lipinski definition) is 7. The molecular weight excluding hydrogens is 611 g/mol. The van der Waals surface area contributed by atoms with Gasteiger partial charge >= 0.3 is 0 Å². The fraction of sp³-hybridized carbons (Fsp3) is 0.303. The number of ether oxygens (including phenoxy) is 1. The Morgan fingerprint density at radius 3 is 2.74 bits per heavy atom. The van der Waals surface area contributed by atoms with E-state index in [0.29, 0.717) is 40.6 Å². The van der Waals surface area contributed by atoms with Crippen LogP contribution in [0.25, 0.3) is 10.1 Å². The smallest absolute Gasteiger partial charge is 0.272 e. The standard InChI is InChI=1S/C33H33FN6O5S/c1-38(2)33(44)29-13-19-12-20(8-9-28(19)46-29)37-31(42)26-14-21(18-39(26)3)36-30(41)7-5-11-45-27-16-25-23(15-24(27)34)32(43)40-10-4-6-22(40)17-35-25/h8-9,12-18,22H,4-7,10-11H2,1-3H3,(H,36,41)(H,37,42)/t22-/m0/s1. The summed E-state index contributed by atoms with van der Waals surface area (Å²) in [5, 5.41) is 6.51. The molecule has 1 fully saturated rings. The summed E-state index contributed by atoms with van der Waals surface area (Å²) in [4.78, 5) is 59.1. The van der Waals surface area contributed by atoms with Crippen LogP contribution in [0.3, 0.4) is 0 Å². The Bertz CT molecular complexity index is 1900. The Balaban J connectivity index is 1.01. The quantitative estimate of drug-likeness (QED) is 0.235. The first-order valence-corrected chi connectivity index (χ1v) is 15.7. The van der Waals surface area contributed by atoms with Crippen molar-refractivity contribution in [3.63, 3.8) is 0 Å². The second-order valence-corrected chi connectivity index (χ2v) is 12.6. The minimum atomic E-state index is -0.654. The topological polar surface area (TPSA) is 125 Å². The third-order valence-corrected chi connectivity index (χ3v) is 9.05. The average molecular weight is 645 g/mol. The number of aromatic nitrogens is 1. The molecule has 0 spiro atoms. The van der Waals surface area contributed by atoms with Crippen LogP contribution >= 0.6 is 11.3 Å². The molecule has 238 valence electrons. The molecular formula is C33H33FN6O5S. The number of nitrogens with one attached hydrogen (secondary N) is 2. The Hall–Kier alpha value is -5.04. The summed E-state index contributed by atoms with van der Waals surface area (Å²) >= 11 is 1.39. The lowest BCUT2D eigenvalue weighted by Crippen LogP contribution is -2.35. The molecule has 11 nitrogen and oxygen atoms in total. The predicted octanol–water partition coefficient (Wildman–Crippen LogP) is 5.45. The van der Waals surface area contributed by atoms with Gasteiger partial charge in [0.25, 0.3) is 17.7 Å². The number of carbonyl (C=O) groups is 4. The molecule has 1 saturated heterocycles. The number of carbonyl (C=O) groups excluding carboxylic acids is 4. The fourth-order valence-corrected chi connectivity index (χ4v) is 6.66. The van der Waals surface area contributed by atoms with Gasteiger partial charge in [0.05, 0.1) is 34.5 Å². The summed E-state index contributed by atoms with van der Waals surface area (Å²) < 4.78 is 23.0. The summed E-state index contributed by atoms with van der Waals surface area (Å²) in [6, 6.07) is 11.4. The molecule has 0 aliphatic carbocycles. The maximum Gasteiger partial charge on any atom is 0.272 e. The van der Waals surface area contributed by atoms with Crippen LogP contribution in [0.15, 0.2) is 53.7 Å². The van der Waals surface area contributed by atoms with Crippen molar-refractivity contribution in [1.29, 1.82) is 0 Å². The van der Waals surface area contributed by atoms with Gasteiger partial charge in [-0.15, -0.1) is 11.3 Å². The number of anilines is 2. The van der Waals surface area contributed by atoms with Crippen LogP contribution in [0.1, 0.15) is 56.2 Å². The molecule has 2 aliphatic rings. The van der Waals surface area contributed by atoms with Gasteiger partial charge in [-0.3, -0.25) is 24.2 Å². The highest BCUT2D eigenvalue weighted by Crippen LogP contribution is 2.34. The van der Waals surface area contributed by atoms with Gasteiger partial charge in [0.15, 0.2) is 11.6 Å². The van der Waals surface area contributed by atoms with Crippen LogP contribution in [0.5, 0.6) is 5.75 Å². The van der Waals surface area contributed by atoms with Crippen molar-refractivity contribution >= 4 is 68.3 Å². The number of aryl methyl sites for hydroxylation is 1. The second-order valence-electron chi connectivity index (χ2n) is 11.5. The molecule has 2 aromatic heterocycles. The first kappa shape index (κ1) is 31.0. The van der Waals surface area contributed by atoms with Crippen LogP contribution in [0.2, 0.25) is 0 Å². The number of halogens is 1. The number of benzene rings is 2. The third-order valence-electron chi connectivity index (χ3n) is 7.94. The Morgan fingerprint density at radius 2 is 1.93 bits per heavy atom. The van der Waals surface area contributed by atoms with E-state index in [1.165, 1.54) is 28.4 Å². The minimum Gasteiger partial charge on any atom is -0.490 e. The molecule has 0 unspecified atom stereocenters. The summed E-state index contributed by atoms with van der Waals surface area (Å²) in [6.07, 6.45) is 5.53. The molecule has 0 radical (unpaired) electrons. The van der Waals surface area contributed by atoms with Crippen molar-refractivity contribution in [2.75, 3.05) is 37.9 Å². The highest BCUT2D eigenvalue weighted by molar-refractivity contribution is 7.20. The van der Waals surface area contributed by atoms with Gasteiger partial charge in [0.1, 0.15) is 5.69 Å². The molecule has 13 heteroatoms. The molecule has 2 aliphatic heterocycles. The maximum absolute atomic E-state index is 14.8. The number of rotatable bonds is 9. The normalized spacial score (nSPS) is 15.3. The van der Waals surface area contributed by atoms with E-state index in [1.54, 1.807) is 55.2 Å². The summed E-state index contributed by atoms with van der Waals surface area (Å²) in [7, 11) is 5.11. The van der Waals surface area contributed by atoms with Crippen LogP contribution in [0.4, 0.5) is 21.5 Å². The van der Waals surface area contributed by atoms with Gasteiger partial charge in [0, 0.05) is 63.0 Å². The van der Waals surface area contributed by atoms with Gasteiger partial charge in [-0.2, -0.15) is 0 Å². The number of hydrogen-bond donors (Lipinski definition) is 2. The largest absolute Gasteiger partial charge is 0.490 e. The van der Waals surface area contributed by atoms with E-state index in [4.69, 9.17) is 4.74 Å². The molecule has 0 bridgehead atoms. The Morgan fingerprint density at radius 1 is 1.11 bits per heavy atom. The molecule has 4 amide bonds. The van der Waals surface area contributed by atoms with Crippen molar-refractivity contribution < 1.29 is 28.3 Å². The zero-order chi connectivity index (χ0) is 32.5. The minimum absolute atomic E-state index is 0.0227. The van der Waals surface area contributed by atoms with Gasteiger partial charge in [-0.1, -0.05) is 0 Å². The molecule has 2 aromatic carbocycles. The predicted molar refractivity (Wildman–Crippen MR) is 175 cm³/mol. The zero-order valence-corrected chi connectivity index (χ0v) is 26.4. The lowest BCUT2D eigenvalue weighted by Gasteiger charge is -2.20. The van der Waals surface area contributed by atoms with Crippen molar-refractivity contribution in [1.82, 2.24) is 14.4 Å². The number of thiophene rings is 1. The van der Waals surface area contributed by atoms with E-state index in [9.17, 15) is 23.6 Å². The van der Waals surface area contributed by atoms with Crippen molar-refractivity contribution in [2.24, 2.45) is 12.0 Å². The number of fused-ring (bicyclic) bond motifs is 3. The van der Waals surface area contributed by atoms with Gasteiger partial charge in [0.2, 0.25) is 5.91 Å². The van der Waals surface area contributed by atoms with Gasteiger partial charge in [-0.05, 0) is 61.0 Å². The Kier molecular flexibility index (Phi) is 8.59. The zero-order valence-electron chi connectivity index (χ0n) is 25.6. The number of nitrogens with zero attached hydrogens (tertiary/aromatic N) is 4. The first-order chi connectivity index (χ1) is 22.1. The summed E-state index contributed by atoms with van der Waals surface area (Å²) in [5.74, 6) is -1.63. The SMILES string of the molecule is CN(C)C(=O)c1cc2cc(NC(=O)c3cc(NC(=O)CCCOc4cc5c(cc4F)C(=O)N4CCC[C@H]4C=N5)cn3C)ccc2s1. The van der Waals surface area contributed by atoms with Crippen molar-refractivity contribution in [3.8, 4) is 5.75 Å². The van der Waals surface area contributed by atoms with Crippen LogP contribution in [-0.4, -0.2) is 77.5 Å². The molecule has 4 heterocycles. The van der Waals surface area contributed by atoms with Crippen LogP contribution in [0, 0.1) is 5.82 Å². The number of aliphatic imine (C=N–C) groups is 1. The third kappa shape index (κ3) is 6.36. The molecule has 1 atom stereocenters. The Labute approximate surface area is 268 Å². The van der Waals surface area contributed by atoms with E-state index < -0.39 is 5.82 Å². The van der Waals surface area contributed by atoms with Crippen LogP contribution in [-0.2, 0) is 11.8 Å². The van der Waals surface area contributed by atoms with Gasteiger partial charge in [-0.25, -0.2) is 4.39 Å². The first-order valence-electron chi connectivity index (χ1n) is 14.9. The van der Waals surface area contributed by atoms with E-state index >= 15 is 0 Å². The van der Waals surface area contributed by atoms with Crippen LogP contribution < -0.4 is 15.4 Å². The monoisotopic (exact) mass is 644 g/mol. The molecule has 2 N–H and O–H groups in total. The van der Waals surface area contributed by atoms with E-state index in [0.717, 1.165) is 22.9 Å². The van der Waals surface area contributed by atoms with E-state index in [2.05, 4.69) is 15.6 Å². The molecule has 6 rings (SSSR count).